The number of thiazole rings is 1. The van der Waals surface area contributed by atoms with Gasteiger partial charge in [0, 0.05) is 24.4 Å². The van der Waals surface area contributed by atoms with Crippen molar-refractivity contribution in [3.05, 3.63) is 23.6 Å². The fourth-order valence-corrected chi connectivity index (χ4v) is 4.86. The summed E-state index contributed by atoms with van der Waals surface area (Å²) in [4.78, 5) is 30.7. The molecule has 1 aromatic heterocycles. The first kappa shape index (κ1) is 19.9. The molecule has 0 bridgehead atoms. The number of nitrogens with zero attached hydrogens (tertiary/aromatic N) is 2. The molecule has 4 rings (SSSR count). The van der Waals surface area contributed by atoms with E-state index in [9.17, 15) is 9.59 Å². The predicted octanol–water partition coefficient (Wildman–Crippen LogP) is 4.85. The van der Waals surface area contributed by atoms with E-state index in [2.05, 4.69) is 10.3 Å². The lowest BCUT2D eigenvalue weighted by Gasteiger charge is -2.30. The summed E-state index contributed by atoms with van der Waals surface area (Å²) in [5, 5.41) is 5.47. The molecule has 0 unspecified atom stereocenters. The van der Waals surface area contributed by atoms with E-state index in [1.807, 2.05) is 23.6 Å². The number of hydrogen-bond donors (Lipinski definition) is 1. The lowest BCUT2D eigenvalue weighted by Crippen LogP contribution is -2.41. The van der Waals surface area contributed by atoms with Crippen LogP contribution in [-0.4, -0.2) is 29.9 Å². The first-order chi connectivity index (χ1) is 14.0. The Balaban J connectivity index is 1.40. The Bertz CT molecular complexity index is 904. The highest BCUT2D eigenvalue weighted by Crippen LogP contribution is 2.37. The molecule has 2 aromatic rings. The number of fused-ring (bicyclic) bond motifs is 1. The molecule has 2 aliphatic rings. The quantitative estimate of drug-likeness (QED) is 0.760. The number of nitrogens with one attached hydrogen (secondary N) is 1. The van der Waals surface area contributed by atoms with Crippen molar-refractivity contribution in [2.45, 2.75) is 58.0 Å². The molecule has 154 valence electrons. The molecule has 0 radical (unpaired) electrons. The summed E-state index contributed by atoms with van der Waals surface area (Å²) in [5.74, 6) is 1.35. The predicted molar refractivity (Wildman–Crippen MR) is 115 cm³/mol. The molecule has 29 heavy (non-hydrogen) atoms. The summed E-state index contributed by atoms with van der Waals surface area (Å²) >= 11 is 1.42. The van der Waals surface area contributed by atoms with Gasteiger partial charge in [0.05, 0.1) is 11.4 Å². The highest BCUT2D eigenvalue weighted by Gasteiger charge is 2.29. The average Bonchev–Trinajstić information content (AvgIpc) is 3.19. The smallest absolute Gasteiger partial charge is 0.267 e. The van der Waals surface area contributed by atoms with Crippen molar-refractivity contribution >= 4 is 34.0 Å². The molecule has 1 aliphatic carbocycles. The van der Waals surface area contributed by atoms with Crippen molar-refractivity contribution in [1.29, 1.82) is 0 Å². The van der Waals surface area contributed by atoms with Gasteiger partial charge in [-0.05, 0) is 37.5 Å². The topological polar surface area (TPSA) is 71.5 Å². The SMILES string of the molecule is C[C@H]1Oc2ccc(-c3csc(NC(=O)CCC4CCCCC4)n3)cc2N(C)C1=O. The largest absolute Gasteiger partial charge is 0.479 e. The van der Waals surface area contributed by atoms with Gasteiger partial charge in [-0.15, -0.1) is 11.3 Å². The van der Waals surface area contributed by atoms with Gasteiger partial charge in [-0.25, -0.2) is 4.98 Å². The molecule has 1 fully saturated rings. The number of carbonyl (C=O) groups excluding carboxylic acids is 2. The van der Waals surface area contributed by atoms with Crippen LogP contribution in [0.5, 0.6) is 5.75 Å². The third-order valence-electron chi connectivity index (χ3n) is 5.85. The van der Waals surface area contributed by atoms with Crippen LogP contribution < -0.4 is 15.0 Å². The second kappa shape index (κ2) is 8.53. The Morgan fingerprint density at radius 2 is 2.10 bits per heavy atom. The van der Waals surface area contributed by atoms with Crippen LogP contribution in [0.3, 0.4) is 0 Å². The number of aromatic nitrogens is 1. The van der Waals surface area contributed by atoms with Gasteiger partial charge in [-0.1, -0.05) is 32.1 Å². The van der Waals surface area contributed by atoms with Gasteiger partial charge in [0.1, 0.15) is 5.75 Å². The molecule has 6 nitrogen and oxygen atoms in total. The van der Waals surface area contributed by atoms with E-state index in [-0.39, 0.29) is 11.8 Å². The van der Waals surface area contributed by atoms with Crippen LogP contribution >= 0.6 is 11.3 Å². The third-order valence-corrected chi connectivity index (χ3v) is 6.61. The molecule has 1 N–H and O–H groups in total. The molecule has 7 heteroatoms. The number of rotatable bonds is 5. The number of benzene rings is 1. The third kappa shape index (κ3) is 4.45. The van der Waals surface area contributed by atoms with Crippen LogP contribution in [0.25, 0.3) is 11.3 Å². The van der Waals surface area contributed by atoms with Crippen LogP contribution in [0.1, 0.15) is 51.9 Å². The van der Waals surface area contributed by atoms with Gasteiger partial charge in [-0.3, -0.25) is 9.59 Å². The van der Waals surface area contributed by atoms with E-state index in [0.717, 1.165) is 23.4 Å². The van der Waals surface area contributed by atoms with Crippen LogP contribution in [0.2, 0.25) is 0 Å². The van der Waals surface area contributed by atoms with Crippen molar-refractivity contribution in [3.8, 4) is 17.0 Å². The second-order valence-corrected chi connectivity index (χ2v) is 8.83. The fourth-order valence-electron chi connectivity index (χ4n) is 4.13. The van der Waals surface area contributed by atoms with Gasteiger partial charge in [0.25, 0.3) is 5.91 Å². The van der Waals surface area contributed by atoms with Crippen molar-refractivity contribution < 1.29 is 14.3 Å². The van der Waals surface area contributed by atoms with Crippen molar-refractivity contribution in [2.24, 2.45) is 5.92 Å². The van der Waals surface area contributed by atoms with Crippen LogP contribution in [0.15, 0.2) is 23.6 Å². The van der Waals surface area contributed by atoms with E-state index in [1.165, 1.54) is 43.4 Å². The maximum atomic E-state index is 12.3. The Hall–Kier alpha value is -2.41. The number of likely N-dealkylation sites (N-methyl/N-ethyl adjacent to an activating group) is 1. The Labute approximate surface area is 175 Å². The molecule has 1 aromatic carbocycles. The van der Waals surface area contributed by atoms with Crippen molar-refractivity contribution in [2.75, 3.05) is 17.3 Å². The van der Waals surface area contributed by atoms with Gasteiger partial charge in [-0.2, -0.15) is 0 Å². The highest BCUT2D eigenvalue weighted by molar-refractivity contribution is 7.14. The Morgan fingerprint density at radius 3 is 2.90 bits per heavy atom. The second-order valence-electron chi connectivity index (χ2n) is 7.97. The van der Waals surface area contributed by atoms with Crippen LogP contribution in [0, 0.1) is 5.92 Å². The zero-order valence-corrected chi connectivity index (χ0v) is 17.8. The van der Waals surface area contributed by atoms with Gasteiger partial charge < -0.3 is 15.0 Å². The van der Waals surface area contributed by atoms with Crippen molar-refractivity contribution in [1.82, 2.24) is 4.98 Å². The lowest BCUT2D eigenvalue weighted by atomic mass is 9.86. The minimum absolute atomic E-state index is 0.0367. The summed E-state index contributed by atoms with van der Waals surface area (Å²) in [6.45, 7) is 1.75. The zero-order valence-electron chi connectivity index (χ0n) is 16.9. The molecule has 0 spiro atoms. The molecule has 1 atom stereocenters. The summed E-state index contributed by atoms with van der Waals surface area (Å²) in [6.07, 6.45) is 7.49. The van der Waals surface area contributed by atoms with Crippen LogP contribution in [-0.2, 0) is 9.59 Å². The molecular formula is C22H27N3O3S. The number of carbonyl (C=O) groups is 2. The molecular weight excluding hydrogens is 386 g/mol. The van der Waals surface area contributed by atoms with Gasteiger partial charge in [0.15, 0.2) is 11.2 Å². The summed E-state index contributed by atoms with van der Waals surface area (Å²) in [5.41, 5.74) is 2.40. The Kier molecular flexibility index (Phi) is 5.85. The number of ether oxygens (including phenoxy) is 1. The van der Waals surface area contributed by atoms with Crippen LogP contribution in [0.4, 0.5) is 10.8 Å². The lowest BCUT2D eigenvalue weighted by molar-refractivity contribution is -0.125. The maximum absolute atomic E-state index is 12.3. The minimum atomic E-state index is -0.479. The average molecular weight is 414 g/mol. The van der Waals surface area contributed by atoms with E-state index >= 15 is 0 Å². The molecule has 1 saturated carbocycles. The number of amides is 2. The van der Waals surface area contributed by atoms with Crippen molar-refractivity contribution in [3.63, 3.8) is 0 Å². The minimum Gasteiger partial charge on any atom is -0.479 e. The Morgan fingerprint density at radius 1 is 1.31 bits per heavy atom. The molecule has 1 aliphatic heterocycles. The standard InChI is InChI=1S/C22H27N3O3S/c1-14-21(27)25(2)18-12-16(9-10-19(18)28-14)17-13-29-22(23-17)24-20(26)11-8-15-6-4-3-5-7-15/h9-10,12-15H,3-8,11H2,1-2H3,(H,23,24,26)/t14-/m1/s1. The monoisotopic (exact) mass is 413 g/mol. The van der Waals surface area contributed by atoms with E-state index < -0.39 is 6.10 Å². The van der Waals surface area contributed by atoms with E-state index in [1.54, 1.807) is 18.9 Å². The summed E-state index contributed by atoms with van der Waals surface area (Å²) in [7, 11) is 1.75. The zero-order chi connectivity index (χ0) is 20.4. The van der Waals surface area contributed by atoms with E-state index in [4.69, 9.17) is 4.74 Å². The fraction of sp³-hybridized carbons (Fsp3) is 0.500. The summed E-state index contributed by atoms with van der Waals surface area (Å²) in [6, 6.07) is 5.70. The van der Waals surface area contributed by atoms with Gasteiger partial charge in [0.2, 0.25) is 5.91 Å². The summed E-state index contributed by atoms with van der Waals surface area (Å²) < 4.78 is 5.67. The number of hydrogen-bond acceptors (Lipinski definition) is 5. The normalized spacial score (nSPS) is 19.6. The first-order valence-corrected chi connectivity index (χ1v) is 11.2. The molecule has 0 saturated heterocycles. The highest BCUT2D eigenvalue weighted by atomic mass is 32.1. The maximum Gasteiger partial charge on any atom is 0.267 e. The molecule has 2 heterocycles. The van der Waals surface area contributed by atoms with E-state index in [0.29, 0.717) is 23.2 Å². The first-order valence-electron chi connectivity index (χ1n) is 10.4. The molecule has 2 amide bonds. The van der Waals surface area contributed by atoms with Gasteiger partial charge >= 0.3 is 0 Å². The number of anilines is 2.